The van der Waals surface area contributed by atoms with Crippen LogP contribution >= 0.6 is 11.3 Å². The van der Waals surface area contributed by atoms with E-state index in [0.717, 1.165) is 22.9 Å². The number of ether oxygens (including phenoxy) is 1. The van der Waals surface area contributed by atoms with Crippen molar-refractivity contribution in [1.29, 1.82) is 0 Å². The first-order chi connectivity index (χ1) is 25.3. The minimum absolute atomic E-state index is 0.0967. The Kier molecular flexibility index (Phi) is 5.47. The predicted octanol–water partition coefficient (Wildman–Crippen LogP) is 11.7. The zero-order chi connectivity index (χ0) is 33.2. The van der Waals surface area contributed by atoms with Gasteiger partial charge in [-0.1, -0.05) is 109 Å². The standard InChI is InChI=1S/C46H27BN2OS/c1-2-11-28(12-3-1)30-25-36-34-23-21-29-13-4-5-14-32(29)45(34)49(31-22-24-43-35(27-31)33-15-6-9-20-42(33)51-43)47-37-16-10-19-41-46(37)48(39(26-30)44(36)47)38-17-7-8-18-40(38)50-41/h1-27H. The van der Waals surface area contributed by atoms with Gasteiger partial charge in [0.1, 0.15) is 0 Å². The lowest BCUT2D eigenvalue weighted by Crippen LogP contribution is -2.61. The van der Waals surface area contributed by atoms with Crippen molar-refractivity contribution in [1.82, 2.24) is 0 Å². The second-order valence-corrected chi connectivity index (χ2v) is 14.7. The number of rotatable bonds is 2. The summed E-state index contributed by atoms with van der Waals surface area (Å²) in [5.41, 5.74) is 13.3. The van der Waals surface area contributed by atoms with E-state index in [1.807, 2.05) is 11.3 Å². The molecular weight excluding hydrogens is 639 g/mol. The van der Waals surface area contributed by atoms with Gasteiger partial charge in [-0.15, -0.1) is 11.3 Å². The topological polar surface area (TPSA) is 15.7 Å². The number of hydrogen-bond donors (Lipinski definition) is 0. The minimum Gasteiger partial charge on any atom is -0.453 e. The van der Waals surface area contributed by atoms with Gasteiger partial charge in [0.05, 0.1) is 11.4 Å². The first kappa shape index (κ1) is 27.5. The third kappa shape index (κ3) is 3.73. The first-order valence-electron chi connectivity index (χ1n) is 17.5. The van der Waals surface area contributed by atoms with Gasteiger partial charge in [0.25, 0.3) is 0 Å². The van der Waals surface area contributed by atoms with Crippen molar-refractivity contribution in [3.05, 3.63) is 164 Å². The van der Waals surface area contributed by atoms with Crippen LogP contribution in [0.4, 0.5) is 28.4 Å². The number of anilines is 5. The van der Waals surface area contributed by atoms with Crippen LogP contribution in [0.5, 0.6) is 11.5 Å². The van der Waals surface area contributed by atoms with Crippen LogP contribution in [0.2, 0.25) is 0 Å². The molecule has 0 bridgehead atoms. The molecule has 3 aliphatic heterocycles. The Bertz CT molecular complexity index is 2930. The molecule has 0 amide bonds. The van der Waals surface area contributed by atoms with E-state index < -0.39 is 0 Å². The van der Waals surface area contributed by atoms with Crippen LogP contribution in [0.1, 0.15) is 0 Å². The summed E-state index contributed by atoms with van der Waals surface area (Å²) in [6, 6.07) is 60.0. The zero-order valence-corrected chi connectivity index (χ0v) is 28.2. The molecule has 3 aliphatic rings. The molecule has 12 rings (SSSR count). The van der Waals surface area contributed by atoms with Gasteiger partial charge in [0.15, 0.2) is 11.5 Å². The van der Waals surface area contributed by atoms with Crippen molar-refractivity contribution in [2.24, 2.45) is 0 Å². The van der Waals surface area contributed by atoms with E-state index in [2.05, 4.69) is 174 Å². The van der Waals surface area contributed by atoms with Crippen LogP contribution < -0.4 is 25.4 Å². The summed E-state index contributed by atoms with van der Waals surface area (Å²) in [5, 5.41) is 5.08. The van der Waals surface area contributed by atoms with Crippen molar-refractivity contribution in [2.45, 2.75) is 0 Å². The van der Waals surface area contributed by atoms with Crippen LogP contribution in [-0.4, -0.2) is 6.85 Å². The Hall–Kier alpha value is -6.30. The van der Waals surface area contributed by atoms with Gasteiger partial charge in [-0.25, -0.2) is 0 Å². The highest BCUT2D eigenvalue weighted by molar-refractivity contribution is 7.25. The lowest BCUT2D eigenvalue weighted by atomic mass is 9.43. The van der Waals surface area contributed by atoms with Gasteiger partial charge < -0.3 is 14.4 Å². The van der Waals surface area contributed by atoms with Crippen LogP contribution in [0.3, 0.4) is 0 Å². The highest BCUT2D eigenvalue weighted by Gasteiger charge is 2.48. The van der Waals surface area contributed by atoms with E-state index in [0.29, 0.717) is 0 Å². The maximum atomic E-state index is 6.71. The first-order valence-corrected chi connectivity index (χ1v) is 18.3. The maximum Gasteiger partial charge on any atom is 0.333 e. The number of fused-ring (bicyclic) bond motifs is 11. The van der Waals surface area contributed by atoms with E-state index >= 15 is 0 Å². The number of nitrogens with zero attached hydrogens (tertiary/aromatic N) is 2. The molecule has 9 aromatic rings. The van der Waals surface area contributed by atoms with E-state index in [4.69, 9.17) is 4.74 Å². The van der Waals surface area contributed by atoms with Crippen molar-refractivity contribution in [3.8, 4) is 33.8 Å². The number of benzene rings is 8. The summed E-state index contributed by atoms with van der Waals surface area (Å²) >= 11 is 1.87. The van der Waals surface area contributed by atoms with Crippen LogP contribution in [-0.2, 0) is 0 Å². The summed E-state index contributed by atoms with van der Waals surface area (Å²) in [5.74, 6) is 1.75. The average Bonchev–Trinajstić information content (AvgIpc) is 3.57. The second kappa shape index (κ2) is 10.1. The van der Waals surface area contributed by atoms with Gasteiger partial charge in [0.2, 0.25) is 0 Å². The van der Waals surface area contributed by atoms with Gasteiger partial charge in [-0.3, -0.25) is 0 Å². The van der Waals surface area contributed by atoms with Crippen LogP contribution in [0, 0.1) is 0 Å². The summed E-state index contributed by atoms with van der Waals surface area (Å²) in [6.45, 7) is -0.0967. The van der Waals surface area contributed by atoms with Crippen LogP contribution in [0.25, 0.3) is 53.2 Å². The highest BCUT2D eigenvalue weighted by Crippen LogP contribution is 2.55. The van der Waals surface area contributed by atoms with Crippen molar-refractivity contribution in [3.63, 3.8) is 0 Å². The number of para-hydroxylation sites is 3. The van der Waals surface area contributed by atoms with E-state index in [9.17, 15) is 0 Å². The summed E-state index contributed by atoms with van der Waals surface area (Å²) in [7, 11) is 0. The molecule has 5 heteroatoms. The van der Waals surface area contributed by atoms with Gasteiger partial charge in [0, 0.05) is 48.2 Å². The molecule has 0 unspecified atom stereocenters. The second-order valence-electron chi connectivity index (χ2n) is 13.7. The molecule has 0 atom stereocenters. The Balaban J connectivity index is 1.24. The quantitative estimate of drug-likeness (QED) is 0.171. The normalized spacial score (nSPS) is 13.5. The predicted molar refractivity (Wildman–Crippen MR) is 216 cm³/mol. The summed E-state index contributed by atoms with van der Waals surface area (Å²) < 4.78 is 9.33. The molecule has 3 nitrogen and oxygen atoms in total. The molecule has 236 valence electrons. The third-order valence-electron chi connectivity index (χ3n) is 11.0. The third-order valence-corrected chi connectivity index (χ3v) is 12.1. The molecule has 0 fully saturated rings. The van der Waals surface area contributed by atoms with Crippen molar-refractivity contribution >= 4 is 88.5 Å². The minimum atomic E-state index is -0.0967. The monoisotopic (exact) mass is 666 g/mol. The van der Waals surface area contributed by atoms with Gasteiger partial charge in [-0.2, -0.15) is 0 Å². The Morgan fingerprint density at radius 3 is 2.22 bits per heavy atom. The molecule has 8 aromatic carbocycles. The molecule has 0 spiro atoms. The Labute approximate surface area is 299 Å². The highest BCUT2D eigenvalue weighted by atomic mass is 32.1. The van der Waals surface area contributed by atoms with E-state index in [1.165, 1.54) is 81.2 Å². The SMILES string of the molecule is c1ccc(-c2cc3c4c(c2)N2c5ccccc5Oc5cccc(c52)B4N(c2ccc4sc5ccccc5c4c2)c2c-3ccc3ccccc23)cc1. The largest absolute Gasteiger partial charge is 0.453 e. The average molecular weight is 667 g/mol. The fourth-order valence-corrected chi connectivity index (χ4v) is 9.94. The molecule has 0 radical (unpaired) electrons. The van der Waals surface area contributed by atoms with Crippen LogP contribution in [0.15, 0.2) is 164 Å². The summed E-state index contributed by atoms with van der Waals surface area (Å²) in [6.07, 6.45) is 0. The number of hydrogen-bond acceptors (Lipinski definition) is 4. The van der Waals surface area contributed by atoms with E-state index in [1.54, 1.807) is 0 Å². The molecule has 0 saturated carbocycles. The van der Waals surface area contributed by atoms with E-state index in [-0.39, 0.29) is 6.85 Å². The summed E-state index contributed by atoms with van der Waals surface area (Å²) in [4.78, 5) is 5.09. The zero-order valence-electron chi connectivity index (χ0n) is 27.4. The number of thiophene rings is 1. The molecule has 0 aliphatic carbocycles. The molecule has 51 heavy (non-hydrogen) atoms. The molecule has 4 heterocycles. The van der Waals surface area contributed by atoms with Gasteiger partial charge in [-0.05, 0) is 87.6 Å². The van der Waals surface area contributed by atoms with Crippen molar-refractivity contribution < 1.29 is 4.74 Å². The fourth-order valence-electron chi connectivity index (χ4n) is 8.86. The maximum absolute atomic E-state index is 6.71. The molecular formula is C46H27BN2OS. The molecule has 0 saturated heterocycles. The Morgan fingerprint density at radius 1 is 0.490 bits per heavy atom. The smallest absolute Gasteiger partial charge is 0.333 e. The lowest BCUT2D eigenvalue weighted by Gasteiger charge is -2.47. The Morgan fingerprint density at radius 2 is 1.27 bits per heavy atom. The molecule has 1 aromatic heterocycles. The van der Waals surface area contributed by atoms with Gasteiger partial charge >= 0.3 is 6.85 Å². The molecule has 0 N–H and O–H groups in total. The lowest BCUT2D eigenvalue weighted by molar-refractivity contribution is 0.477. The fraction of sp³-hybridized carbons (Fsp3) is 0. The van der Waals surface area contributed by atoms with Crippen molar-refractivity contribution in [2.75, 3.05) is 9.71 Å².